The van der Waals surface area contributed by atoms with Crippen molar-refractivity contribution in [3.8, 4) is 50.2 Å². The van der Waals surface area contributed by atoms with E-state index in [1.165, 1.54) is 94.3 Å². The molecule has 0 N–H and O–H groups in total. The fourth-order valence-corrected chi connectivity index (χ4v) is 11.0. The van der Waals surface area contributed by atoms with Gasteiger partial charge in [-0.1, -0.05) is 170 Å². The van der Waals surface area contributed by atoms with E-state index in [2.05, 4.69) is 252 Å². The Hall–Kier alpha value is -8.20. The molecule has 10 aromatic carbocycles. The zero-order chi connectivity index (χ0) is 41.5. The molecule has 1 heterocycles. The third kappa shape index (κ3) is 5.19. The summed E-state index contributed by atoms with van der Waals surface area (Å²) in [5.74, 6) is 0. The molecular weight excluding hydrogens is 761 g/mol. The molecule has 2 aliphatic rings. The van der Waals surface area contributed by atoms with E-state index in [0.717, 1.165) is 17.1 Å². The largest absolute Gasteiger partial charge is 0.310 e. The number of aromatic nitrogens is 1. The van der Waals surface area contributed by atoms with Gasteiger partial charge in [0.1, 0.15) is 0 Å². The van der Waals surface area contributed by atoms with Crippen molar-refractivity contribution in [2.45, 2.75) is 5.41 Å². The highest BCUT2D eigenvalue weighted by Crippen LogP contribution is 2.64. The number of benzene rings is 10. The highest BCUT2D eigenvalue weighted by atomic mass is 15.1. The van der Waals surface area contributed by atoms with Crippen LogP contribution in [0, 0.1) is 0 Å². The number of hydrogen-bond donors (Lipinski definition) is 0. The van der Waals surface area contributed by atoms with Crippen LogP contribution in [0.5, 0.6) is 0 Å². The smallest absolute Gasteiger partial charge is 0.0726 e. The number of anilines is 3. The number of fused-ring (bicyclic) bond motifs is 14. The van der Waals surface area contributed by atoms with E-state index in [9.17, 15) is 0 Å². The zero-order valence-electron chi connectivity index (χ0n) is 34.5. The third-order valence-electron chi connectivity index (χ3n) is 13.5. The Morgan fingerprint density at radius 2 is 0.873 bits per heavy atom. The summed E-state index contributed by atoms with van der Waals surface area (Å²) in [6.07, 6.45) is 0. The van der Waals surface area contributed by atoms with Gasteiger partial charge in [0.2, 0.25) is 0 Å². The normalized spacial score (nSPS) is 14.4. The standard InChI is InChI=1S/C61H40N2/c1-5-19-41(20-6-1)43-37-44(39-48(38-43)62(45-21-7-2-8-22-45)46-23-9-3-10-24-46)42-33-34-50-49-27-13-16-30-53(49)61(56(50)40-42)54-31-17-14-28-51(54)59-55(61)35-36-58-60(59)52-29-15-18-32-57(52)63(58)47-25-11-4-12-26-47/h1-40H. The van der Waals surface area contributed by atoms with Crippen LogP contribution in [0.1, 0.15) is 22.3 Å². The molecule has 0 saturated heterocycles. The van der Waals surface area contributed by atoms with Crippen molar-refractivity contribution in [3.05, 3.63) is 265 Å². The van der Waals surface area contributed by atoms with Gasteiger partial charge in [-0.2, -0.15) is 0 Å². The summed E-state index contributed by atoms with van der Waals surface area (Å²) in [6.45, 7) is 0. The average Bonchev–Trinajstić information content (AvgIpc) is 3.97. The SMILES string of the molecule is c1ccc(-c2cc(-c3ccc4c(c3)C3(c5ccccc5-4)c4ccccc4-c4c3ccc3c4c4ccccc4n3-c3ccccc3)cc(N(c3ccccc3)c3ccccc3)c2)cc1. The van der Waals surface area contributed by atoms with Crippen LogP contribution in [0.3, 0.4) is 0 Å². The maximum atomic E-state index is 2.52. The number of hydrogen-bond acceptors (Lipinski definition) is 1. The summed E-state index contributed by atoms with van der Waals surface area (Å²) in [5, 5.41) is 2.58. The summed E-state index contributed by atoms with van der Waals surface area (Å²) in [7, 11) is 0. The Kier molecular flexibility index (Phi) is 7.85. The van der Waals surface area contributed by atoms with Gasteiger partial charge in [0.05, 0.1) is 16.4 Å². The molecule has 0 radical (unpaired) electrons. The van der Waals surface area contributed by atoms with Gasteiger partial charge in [-0.25, -0.2) is 0 Å². The van der Waals surface area contributed by atoms with Gasteiger partial charge >= 0.3 is 0 Å². The maximum Gasteiger partial charge on any atom is 0.0726 e. The zero-order valence-corrected chi connectivity index (χ0v) is 34.5. The summed E-state index contributed by atoms with van der Waals surface area (Å²) >= 11 is 0. The minimum absolute atomic E-state index is 0.516. The van der Waals surface area contributed by atoms with Gasteiger partial charge in [0.15, 0.2) is 0 Å². The molecule has 1 atom stereocenters. The predicted octanol–water partition coefficient (Wildman–Crippen LogP) is 15.9. The van der Waals surface area contributed by atoms with Crippen molar-refractivity contribution < 1.29 is 0 Å². The van der Waals surface area contributed by atoms with Crippen LogP contribution >= 0.6 is 0 Å². The summed E-state index contributed by atoms with van der Waals surface area (Å²) < 4.78 is 2.44. The van der Waals surface area contributed by atoms with E-state index in [1.807, 2.05) is 0 Å². The van der Waals surface area contributed by atoms with Crippen LogP contribution in [0.25, 0.3) is 72.0 Å². The first-order chi connectivity index (χ1) is 31.3. The minimum atomic E-state index is -0.516. The Labute approximate surface area is 367 Å². The number of nitrogens with zero attached hydrogens (tertiary/aromatic N) is 2. The lowest BCUT2D eigenvalue weighted by atomic mass is 9.70. The van der Waals surface area contributed by atoms with Gasteiger partial charge < -0.3 is 9.47 Å². The van der Waals surface area contributed by atoms with E-state index in [4.69, 9.17) is 0 Å². The van der Waals surface area contributed by atoms with Crippen molar-refractivity contribution in [1.82, 2.24) is 4.57 Å². The summed E-state index contributed by atoms with van der Waals surface area (Å²) in [6, 6.07) is 89.5. The minimum Gasteiger partial charge on any atom is -0.310 e. The van der Waals surface area contributed by atoms with Gasteiger partial charge in [-0.15, -0.1) is 0 Å². The van der Waals surface area contributed by atoms with Crippen LogP contribution in [0.4, 0.5) is 17.1 Å². The maximum absolute atomic E-state index is 2.52. The monoisotopic (exact) mass is 800 g/mol. The van der Waals surface area contributed by atoms with E-state index < -0.39 is 5.41 Å². The second-order valence-corrected chi connectivity index (χ2v) is 16.8. The van der Waals surface area contributed by atoms with E-state index >= 15 is 0 Å². The lowest BCUT2D eigenvalue weighted by molar-refractivity contribution is 0.794. The first kappa shape index (κ1) is 35.5. The van der Waals surface area contributed by atoms with Crippen molar-refractivity contribution >= 4 is 38.9 Å². The molecule has 2 nitrogen and oxygen atoms in total. The van der Waals surface area contributed by atoms with Crippen molar-refractivity contribution in [2.24, 2.45) is 0 Å². The highest BCUT2D eigenvalue weighted by molar-refractivity contribution is 6.19. The Morgan fingerprint density at radius 3 is 1.59 bits per heavy atom. The quantitative estimate of drug-likeness (QED) is 0.163. The third-order valence-corrected chi connectivity index (χ3v) is 13.5. The predicted molar refractivity (Wildman–Crippen MR) is 263 cm³/mol. The molecule has 1 spiro atoms. The molecule has 1 unspecified atom stereocenters. The molecular formula is C61H40N2. The number of rotatable bonds is 6. The summed E-state index contributed by atoms with van der Waals surface area (Å²) in [5.41, 5.74) is 21.7. The molecule has 294 valence electrons. The van der Waals surface area contributed by atoms with Crippen LogP contribution < -0.4 is 4.90 Å². The molecule has 2 aliphatic carbocycles. The molecule has 13 rings (SSSR count). The van der Waals surface area contributed by atoms with Crippen LogP contribution in [0.15, 0.2) is 243 Å². The molecule has 1 aromatic heterocycles. The topological polar surface area (TPSA) is 8.17 Å². The van der Waals surface area contributed by atoms with Crippen molar-refractivity contribution in [1.29, 1.82) is 0 Å². The van der Waals surface area contributed by atoms with Gasteiger partial charge in [0, 0.05) is 33.5 Å². The fraction of sp³-hybridized carbons (Fsp3) is 0.0164. The highest BCUT2D eigenvalue weighted by Gasteiger charge is 2.52. The second kappa shape index (κ2) is 13.9. The molecule has 11 aromatic rings. The van der Waals surface area contributed by atoms with Gasteiger partial charge in [-0.05, 0) is 140 Å². The van der Waals surface area contributed by atoms with Gasteiger partial charge in [0.25, 0.3) is 0 Å². The Balaban J connectivity index is 1.09. The molecule has 0 aliphatic heterocycles. The number of para-hydroxylation sites is 4. The lowest BCUT2D eigenvalue weighted by Crippen LogP contribution is -2.25. The van der Waals surface area contributed by atoms with E-state index in [0.29, 0.717) is 0 Å². The van der Waals surface area contributed by atoms with E-state index in [-0.39, 0.29) is 0 Å². The molecule has 63 heavy (non-hydrogen) atoms. The first-order valence-electron chi connectivity index (χ1n) is 21.8. The molecule has 0 fully saturated rings. The Bertz CT molecular complexity index is 3510. The van der Waals surface area contributed by atoms with Crippen molar-refractivity contribution in [2.75, 3.05) is 4.90 Å². The Morgan fingerprint density at radius 1 is 0.317 bits per heavy atom. The second-order valence-electron chi connectivity index (χ2n) is 16.8. The van der Waals surface area contributed by atoms with Crippen LogP contribution in [0.2, 0.25) is 0 Å². The average molecular weight is 801 g/mol. The lowest BCUT2D eigenvalue weighted by Gasteiger charge is -2.31. The van der Waals surface area contributed by atoms with E-state index in [1.54, 1.807) is 0 Å². The first-order valence-corrected chi connectivity index (χ1v) is 21.8. The molecule has 0 saturated carbocycles. The van der Waals surface area contributed by atoms with Gasteiger partial charge in [-0.3, -0.25) is 0 Å². The van der Waals surface area contributed by atoms with Crippen LogP contribution in [-0.2, 0) is 5.41 Å². The fourth-order valence-electron chi connectivity index (χ4n) is 11.0. The van der Waals surface area contributed by atoms with Crippen LogP contribution in [-0.4, -0.2) is 4.57 Å². The summed E-state index contributed by atoms with van der Waals surface area (Å²) in [4.78, 5) is 2.38. The molecule has 0 bridgehead atoms. The molecule has 2 heteroatoms. The van der Waals surface area contributed by atoms with Crippen molar-refractivity contribution in [3.63, 3.8) is 0 Å². The molecule has 0 amide bonds.